The van der Waals surface area contributed by atoms with Gasteiger partial charge in [-0.3, -0.25) is 24.6 Å². The number of imide groups is 1. The lowest BCUT2D eigenvalue weighted by atomic mass is 10.1. The fraction of sp³-hybridized carbons (Fsp3) is 0.769. The van der Waals surface area contributed by atoms with E-state index in [0.717, 1.165) is 32.4 Å². The Hall–Kier alpha value is -1.47. The van der Waals surface area contributed by atoms with Gasteiger partial charge < -0.3 is 10.6 Å². The van der Waals surface area contributed by atoms with Crippen LogP contribution >= 0.6 is 0 Å². The van der Waals surface area contributed by atoms with E-state index in [-0.39, 0.29) is 30.9 Å². The number of piperidine rings is 1. The topological polar surface area (TPSA) is 95.7 Å². The number of likely N-dealkylation sites (tertiary alicyclic amines) is 2. The van der Waals surface area contributed by atoms with Crippen LogP contribution in [0.15, 0.2) is 0 Å². The molecule has 3 N–H and O–H groups in total. The van der Waals surface area contributed by atoms with Crippen molar-refractivity contribution in [2.45, 2.75) is 31.7 Å². The molecule has 0 radical (unpaired) electrons. The third-order valence-electron chi connectivity index (χ3n) is 3.78. The van der Waals surface area contributed by atoms with Gasteiger partial charge in [0.25, 0.3) is 0 Å². The van der Waals surface area contributed by atoms with Crippen LogP contribution in [0.5, 0.6) is 0 Å². The van der Waals surface area contributed by atoms with Crippen molar-refractivity contribution in [2.75, 3.05) is 32.7 Å². The molecule has 0 unspecified atom stereocenters. The van der Waals surface area contributed by atoms with Gasteiger partial charge in [-0.2, -0.15) is 0 Å². The molecular weight excluding hydrogens is 260 g/mol. The molecular formula is C13H22N4O3. The number of nitrogens with zero attached hydrogens (tertiary/aromatic N) is 2. The van der Waals surface area contributed by atoms with Gasteiger partial charge in [0.15, 0.2) is 0 Å². The quantitative estimate of drug-likeness (QED) is 0.666. The summed E-state index contributed by atoms with van der Waals surface area (Å²) in [4.78, 5) is 38.3. The molecule has 0 bridgehead atoms. The Morgan fingerprint density at radius 2 is 1.80 bits per heavy atom. The van der Waals surface area contributed by atoms with Gasteiger partial charge in [-0.15, -0.1) is 0 Å². The Bertz CT molecular complexity index is 391. The van der Waals surface area contributed by atoms with Gasteiger partial charge >= 0.3 is 0 Å². The highest BCUT2D eigenvalue weighted by Crippen LogP contribution is 2.09. The Labute approximate surface area is 118 Å². The Morgan fingerprint density at radius 1 is 1.15 bits per heavy atom. The lowest BCUT2D eigenvalue weighted by molar-refractivity contribution is -0.136. The van der Waals surface area contributed by atoms with Crippen molar-refractivity contribution in [3.05, 3.63) is 0 Å². The molecule has 2 aliphatic heterocycles. The molecule has 0 aliphatic carbocycles. The lowest BCUT2D eigenvalue weighted by Gasteiger charge is -2.29. The zero-order valence-electron chi connectivity index (χ0n) is 11.6. The lowest BCUT2D eigenvalue weighted by Crippen LogP contribution is -2.47. The summed E-state index contributed by atoms with van der Waals surface area (Å²) in [7, 11) is 0. The maximum Gasteiger partial charge on any atom is 0.246 e. The number of carbonyl (C=O) groups is 3. The highest BCUT2D eigenvalue weighted by molar-refractivity contribution is 5.98. The maximum absolute atomic E-state index is 11.8. The minimum Gasteiger partial charge on any atom is -0.333 e. The van der Waals surface area contributed by atoms with E-state index in [4.69, 9.17) is 5.73 Å². The molecule has 0 aromatic rings. The summed E-state index contributed by atoms with van der Waals surface area (Å²) in [6.07, 6.45) is 3.04. The molecule has 0 atom stereocenters. The van der Waals surface area contributed by atoms with Crippen molar-refractivity contribution >= 4 is 17.7 Å². The van der Waals surface area contributed by atoms with E-state index in [2.05, 4.69) is 5.32 Å². The third-order valence-corrected chi connectivity index (χ3v) is 3.78. The Kier molecular flexibility index (Phi) is 5.08. The molecule has 112 valence electrons. The second kappa shape index (κ2) is 6.81. The number of amides is 3. The normalized spacial score (nSPS) is 21.2. The number of hydrogen-bond donors (Lipinski definition) is 2. The Balaban J connectivity index is 1.68. The molecule has 20 heavy (non-hydrogen) atoms. The van der Waals surface area contributed by atoms with E-state index in [1.165, 1.54) is 4.90 Å². The number of nitrogens with one attached hydrogen (secondary N) is 1. The molecule has 0 saturated carbocycles. The van der Waals surface area contributed by atoms with Crippen molar-refractivity contribution in [1.82, 2.24) is 15.1 Å². The predicted molar refractivity (Wildman–Crippen MR) is 72.6 cm³/mol. The fourth-order valence-corrected chi connectivity index (χ4v) is 2.59. The van der Waals surface area contributed by atoms with Gasteiger partial charge in [0.2, 0.25) is 17.7 Å². The van der Waals surface area contributed by atoms with Crippen molar-refractivity contribution < 1.29 is 14.4 Å². The van der Waals surface area contributed by atoms with Gasteiger partial charge in [0.05, 0.1) is 13.1 Å². The highest BCUT2D eigenvalue weighted by atomic mass is 16.2. The maximum atomic E-state index is 11.8. The van der Waals surface area contributed by atoms with Crippen LogP contribution in [-0.2, 0) is 14.4 Å². The molecule has 0 spiro atoms. The molecule has 2 rings (SSSR count). The number of nitrogens with two attached hydrogens (primary N) is 1. The fourth-order valence-electron chi connectivity index (χ4n) is 2.59. The average molecular weight is 282 g/mol. The molecule has 3 amide bonds. The van der Waals surface area contributed by atoms with Crippen LogP contribution in [0, 0.1) is 0 Å². The van der Waals surface area contributed by atoms with Crippen LogP contribution in [0.2, 0.25) is 0 Å². The van der Waals surface area contributed by atoms with Crippen molar-refractivity contribution in [2.24, 2.45) is 5.73 Å². The van der Waals surface area contributed by atoms with E-state index in [0.29, 0.717) is 13.0 Å². The van der Waals surface area contributed by atoms with Gasteiger partial charge in [-0.1, -0.05) is 0 Å². The zero-order chi connectivity index (χ0) is 14.5. The van der Waals surface area contributed by atoms with Gasteiger partial charge in [-0.05, 0) is 19.3 Å². The highest BCUT2D eigenvalue weighted by Gasteiger charge is 2.24. The molecule has 7 heteroatoms. The first-order valence-electron chi connectivity index (χ1n) is 7.13. The number of carbonyl (C=O) groups excluding carboxylic acids is 3. The minimum atomic E-state index is -0.404. The SMILES string of the molecule is NC1CCN(CC(=O)NC(=O)CN2CCCC2=O)CC1. The zero-order valence-corrected chi connectivity index (χ0v) is 11.6. The van der Waals surface area contributed by atoms with Gasteiger partial charge in [0, 0.05) is 32.1 Å². The van der Waals surface area contributed by atoms with E-state index in [1.54, 1.807) is 0 Å². The first kappa shape index (κ1) is 14.9. The molecule has 2 aliphatic rings. The Morgan fingerprint density at radius 3 is 2.40 bits per heavy atom. The standard InChI is InChI=1S/C13H22N4O3/c14-10-3-6-16(7-4-10)8-11(18)15-12(19)9-17-5-1-2-13(17)20/h10H,1-9,14H2,(H,15,18,19). The van der Waals surface area contributed by atoms with Crippen LogP contribution in [0.25, 0.3) is 0 Å². The van der Waals surface area contributed by atoms with Crippen molar-refractivity contribution in [3.8, 4) is 0 Å². The number of rotatable bonds is 4. The molecule has 2 fully saturated rings. The monoisotopic (exact) mass is 282 g/mol. The second-order valence-corrected chi connectivity index (χ2v) is 5.50. The van der Waals surface area contributed by atoms with Gasteiger partial charge in [-0.25, -0.2) is 0 Å². The van der Waals surface area contributed by atoms with Gasteiger partial charge in [0.1, 0.15) is 0 Å². The number of hydrogen-bond acceptors (Lipinski definition) is 5. The molecule has 2 saturated heterocycles. The predicted octanol–water partition coefficient (Wildman–Crippen LogP) is -1.33. The van der Waals surface area contributed by atoms with E-state index >= 15 is 0 Å². The minimum absolute atomic E-state index is 0.0161. The smallest absolute Gasteiger partial charge is 0.246 e. The summed E-state index contributed by atoms with van der Waals surface area (Å²) in [5.74, 6) is -0.728. The van der Waals surface area contributed by atoms with E-state index in [9.17, 15) is 14.4 Å². The summed E-state index contributed by atoms with van der Waals surface area (Å²) < 4.78 is 0. The first-order chi connectivity index (χ1) is 9.54. The van der Waals surface area contributed by atoms with Crippen molar-refractivity contribution in [1.29, 1.82) is 0 Å². The van der Waals surface area contributed by atoms with Crippen LogP contribution in [-0.4, -0.2) is 66.3 Å². The average Bonchev–Trinajstić information content (AvgIpc) is 2.77. The third kappa shape index (κ3) is 4.28. The summed E-state index contributed by atoms with van der Waals surface area (Å²) >= 11 is 0. The summed E-state index contributed by atoms with van der Waals surface area (Å²) in [6, 6.07) is 0.220. The second-order valence-electron chi connectivity index (χ2n) is 5.50. The van der Waals surface area contributed by atoms with E-state index < -0.39 is 5.91 Å². The van der Waals surface area contributed by atoms with E-state index in [1.807, 2.05) is 4.90 Å². The summed E-state index contributed by atoms with van der Waals surface area (Å²) in [6.45, 7) is 2.37. The summed E-state index contributed by atoms with van der Waals surface area (Å²) in [5.41, 5.74) is 5.79. The summed E-state index contributed by atoms with van der Waals surface area (Å²) in [5, 5.41) is 2.34. The van der Waals surface area contributed by atoms with Crippen LogP contribution in [0.3, 0.4) is 0 Å². The largest absolute Gasteiger partial charge is 0.333 e. The molecule has 2 heterocycles. The van der Waals surface area contributed by atoms with Crippen LogP contribution in [0.4, 0.5) is 0 Å². The molecule has 7 nitrogen and oxygen atoms in total. The first-order valence-corrected chi connectivity index (χ1v) is 7.13. The molecule has 0 aromatic carbocycles. The van der Waals surface area contributed by atoms with Crippen molar-refractivity contribution in [3.63, 3.8) is 0 Å². The molecule has 0 aromatic heterocycles. The van der Waals surface area contributed by atoms with Crippen LogP contribution < -0.4 is 11.1 Å². The van der Waals surface area contributed by atoms with Crippen LogP contribution in [0.1, 0.15) is 25.7 Å².